The van der Waals surface area contributed by atoms with Gasteiger partial charge in [-0.2, -0.15) is 0 Å². The maximum Gasteiger partial charge on any atom is 0.325 e. The summed E-state index contributed by atoms with van der Waals surface area (Å²) in [5.74, 6) is -0.819. The Morgan fingerprint density at radius 3 is 2.43 bits per heavy atom. The van der Waals surface area contributed by atoms with Crippen molar-refractivity contribution < 1.29 is 19.3 Å². The Bertz CT molecular complexity index is 803. The van der Waals surface area contributed by atoms with Gasteiger partial charge in [0, 0.05) is 25.2 Å². The van der Waals surface area contributed by atoms with E-state index in [1.54, 1.807) is 11.9 Å². The highest BCUT2D eigenvalue weighted by molar-refractivity contribution is 6.09. The first kappa shape index (κ1) is 19.8. The van der Waals surface area contributed by atoms with Crippen LogP contribution in [0.5, 0.6) is 0 Å². The molecule has 0 spiro atoms. The number of hydrogen-bond acceptors (Lipinski definition) is 5. The third-order valence-electron chi connectivity index (χ3n) is 5.74. The Morgan fingerprint density at radius 1 is 1.25 bits per heavy atom. The van der Waals surface area contributed by atoms with Crippen LogP contribution in [0, 0.1) is 10.1 Å². The molecule has 2 fully saturated rings. The first-order valence-electron chi connectivity index (χ1n) is 9.39. The number of non-ortho nitro benzene ring substituents is 1. The zero-order valence-corrected chi connectivity index (χ0v) is 16.0. The first-order valence-corrected chi connectivity index (χ1v) is 9.39. The number of imide groups is 1. The van der Waals surface area contributed by atoms with Crippen molar-refractivity contribution in [1.29, 1.82) is 0 Å². The summed E-state index contributed by atoms with van der Waals surface area (Å²) in [6.45, 7) is 1.21. The lowest BCUT2D eigenvalue weighted by atomic mass is 9.92. The molecule has 1 aliphatic heterocycles. The molecule has 0 unspecified atom stereocenters. The molecule has 1 aromatic rings. The van der Waals surface area contributed by atoms with E-state index >= 15 is 0 Å². The number of rotatable bonds is 5. The topological polar surface area (TPSA) is 113 Å². The molecule has 0 bridgehead atoms. The molecule has 1 N–H and O–H groups in total. The number of benzene rings is 1. The molecule has 3 rings (SSSR count). The van der Waals surface area contributed by atoms with Crippen molar-refractivity contribution in [3.63, 3.8) is 0 Å². The lowest BCUT2D eigenvalue weighted by Gasteiger charge is -2.32. The Labute approximate surface area is 162 Å². The van der Waals surface area contributed by atoms with Crippen molar-refractivity contribution in [2.75, 3.05) is 13.6 Å². The normalized spacial score (nSPS) is 22.9. The molecule has 1 aliphatic carbocycles. The Balaban J connectivity index is 1.73. The highest BCUT2D eigenvalue weighted by Crippen LogP contribution is 2.30. The summed E-state index contributed by atoms with van der Waals surface area (Å²) >= 11 is 0. The number of nitro benzene ring substituents is 1. The van der Waals surface area contributed by atoms with Crippen LogP contribution in [0.3, 0.4) is 0 Å². The van der Waals surface area contributed by atoms with E-state index in [9.17, 15) is 24.5 Å². The summed E-state index contributed by atoms with van der Waals surface area (Å²) < 4.78 is 0. The average Bonchev–Trinajstić information content (AvgIpc) is 2.92. The fourth-order valence-electron chi connectivity index (χ4n) is 3.87. The van der Waals surface area contributed by atoms with Crippen LogP contribution in [-0.2, 0) is 15.1 Å². The number of urea groups is 1. The van der Waals surface area contributed by atoms with Crippen LogP contribution in [0.2, 0.25) is 0 Å². The lowest BCUT2D eigenvalue weighted by Crippen LogP contribution is -2.46. The van der Waals surface area contributed by atoms with Gasteiger partial charge in [-0.05, 0) is 37.5 Å². The molecular weight excluding hydrogens is 364 g/mol. The van der Waals surface area contributed by atoms with E-state index < -0.39 is 22.4 Å². The number of likely N-dealkylation sites (N-methyl/N-ethyl adjacent to an activating group) is 1. The second-order valence-electron chi connectivity index (χ2n) is 7.55. The van der Waals surface area contributed by atoms with Crippen LogP contribution in [0.25, 0.3) is 0 Å². The van der Waals surface area contributed by atoms with Crippen molar-refractivity contribution in [2.45, 2.75) is 50.6 Å². The van der Waals surface area contributed by atoms with E-state index in [4.69, 9.17) is 0 Å². The van der Waals surface area contributed by atoms with Crippen LogP contribution in [0.15, 0.2) is 24.3 Å². The number of carbonyl (C=O) groups excluding carboxylic acids is 3. The van der Waals surface area contributed by atoms with E-state index in [0.717, 1.165) is 30.6 Å². The second kappa shape index (κ2) is 7.57. The first-order chi connectivity index (χ1) is 13.2. The standard InChI is InChI=1S/C19H24N4O5/c1-19(13-8-10-15(11-9-13)23(27)28)17(25)22(18(26)20-19)12-16(24)21(2)14-6-4-3-5-7-14/h8-11,14H,3-7,12H2,1-2H3,(H,20,26)/t19-/m0/s1. The van der Waals surface area contributed by atoms with Crippen molar-refractivity contribution >= 4 is 23.5 Å². The predicted octanol–water partition coefficient (Wildman–Crippen LogP) is 2.15. The van der Waals surface area contributed by atoms with Crippen molar-refractivity contribution in [3.8, 4) is 0 Å². The van der Waals surface area contributed by atoms with Gasteiger partial charge in [0.25, 0.3) is 11.6 Å². The number of hydrogen-bond donors (Lipinski definition) is 1. The molecule has 9 heteroatoms. The van der Waals surface area contributed by atoms with Gasteiger partial charge in [-0.1, -0.05) is 19.3 Å². The van der Waals surface area contributed by atoms with Gasteiger partial charge < -0.3 is 10.2 Å². The number of nitrogens with zero attached hydrogens (tertiary/aromatic N) is 3. The van der Waals surface area contributed by atoms with E-state index in [0.29, 0.717) is 5.56 Å². The maximum atomic E-state index is 12.9. The van der Waals surface area contributed by atoms with Crippen molar-refractivity contribution in [3.05, 3.63) is 39.9 Å². The van der Waals surface area contributed by atoms with Crippen LogP contribution < -0.4 is 5.32 Å². The molecule has 1 saturated carbocycles. The molecule has 9 nitrogen and oxygen atoms in total. The number of carbonyl (C=O) groups is 3. The molecule has 1 heterocycles. The molecular formula is C19H24N4O5. The molecule has 1 aromatic carbocycles. The molecule has 1 saturated heterocycles. The summed E-state index contributed by atoms with van der Waals surface area (Å²) in [5, 5.41) is 13.4. The highest BCUT2D eigenvalue weighted by atomic mass is 16.6. The molecule has 28 heavy (non-hydrogen) atoms. The van der Waals surface area contributed by atoms with Crippen LogP contribution in [0.1, 0.15) is 44.6 Å². The minimum Gasteiger partial charge on any atom is -0.341 e. The van der Waals surface area contributed by atoms with Gasteiger partial charge in [0.2, 0.25) is 5.91 Å². The monoisotopic (exact) mass is 388 g/mol. The van der Waals surface area contributed by atoms with Crippen LogP contribution in [-0.4, -0.2) is 52.2 Å². The average molecular weight is 388 g/mol. The van der Waals surface area contributed by atoms with Gasteiger partial charge in [-0.15, -0.1) is 0 Å². The molecule has 2 aliphatic rings. The van der Waals surface area contributed by atoms with Gasteiger partial charge in [-0.25, -0.2) is 4.79 Å². The minimum absolute atomic E-state index is 0.106. The van der Waals surface area contributed by atoms with E-state index in [-0.39, 0.29) is 24.2 Å². The largest absolute Gasteiger partial charge is 0.341 e. The van der Waals surface area contributed by atoms with Crippen LogP contribution in [0.4, 0.5) is 10.5 Å². The number of nitrogens with one attached hydrogen (secondary N) is 1. The molecule has 4 amide bonds. The van der Waals surface area contributed by atoms with Gasteiger partial charge >= 0.3 is 6.03 Å². The molecule has 0 aromatic heterocycles. The predicted molar refractivity (Wildman–Crippen MR) is 100 cm³/mol. The lowest BCUT2D eigenvalue weighted by molar-refractivity contribution is -0.384. The quantitative estimate of drug-likeness (QED) is 0.472. The SMILES string of the molecule is CN(C(=O)CN1C(=O)N[C@@](C)(c2ccc([N+](=O)[O-])cc2)C1=O)C1CCCCC1. The van der Waals surface area contributed by atoms with E-state index in [2.05, 4.69) is 5.32 Å². The fraction of sp³-hybridized carbons (Fsp3) is 0.526. The molecule has 1 atom stereocenters. The van der Waals surface area contributed by atoms with Gasteiger partial charge in [0.1, 0.15) is 12.1 Å². The summed E-state index contributed by atoms with van der Waals surface area (Å²) in [5.41, 5.74) is -1.05. The third-order valence-corrected chi connectivity index (χ3v) is 5.74. The Hall–Kier alpha value is -2.97. The smallest absolute Gasteiger partial charge is 0.325 e. The second-order valence-corrected chi connectivity index (χ2v) is 7.55. The zero-order valence-electron chi connectivity index (χ0n) is 16.0. The van der Waals surface area contributed by atoms with Crippen molar-refractivity contribution in [1.82, 2.24) is 15.1 Å². The number of amides is 4. The fourth-order valence-corrected chi connectivity index (χ4v) is 3.87. The summed E-state index contributed by atoms with van der Waals surface area (Å²) in [7, 11) is 1.71. The summed E-state index contributed by atoms with van der Waals surface area (Å²) in [4.78, 5) is 50.8. The van der Waals surface area contributed by atoms with E-state index in [1.807, 2.05) is 0 Å². The van der Waals surface area contributed by atoms with E-state index in [1.165, 1.54) is 37.6 Å². The third kappa shape index (κ3) is 3.56. The molecule has 0 radical (unpaired) electrons. The maximum absolute atomic E-state index is 12.9. The van der Waals surface area contributed by atoms with Gasteiger partial charge in [0.05, 0.1) is 4.92 Å². The molecule has 150 valence electrons. The van der Waals surface area contributed by atoms with Crippen LogP contribution >= 0.6 is 0 Å². The summed E-state index contributed by atoms with van der Waals surface area (Å²) in [6.07, 6.45) is 5.18. The number of nitro groups is 1. The zero-order chi connectivity index (χ0) is 20.5. The minimum atomic E-state index is -1.37. The van der Waals surface area contributed by atoms with Gasteiger partial charge in [-0.3, -0.25) is 24.6 Å². The van der Waals surface area contributed by atoms with Gasteiger partial charge in [0.15, 0.2) is 0 Å². The highest BCUT2D eigenvalue weighted by Gasteiger charge is 2.49. The Kier molecular flexibility index (Phi) is 5.35. The van der Waals surface area contributed by atoms with Crippen molar-refractivity contribution in [2.24, 2.45) is 0 Å². The Morgan fingerprint density at radius 2 is 1.86 bits per heavy atom. The summed E-state index contributed by atoms with van der Waals surface area (Å²) in [6, 6.07) is 4.94.